The Morgan fingerprint density at radius 2 is 2.03 bits per heavy atom. The molecule has 2 saturated carbocycles. The van der Waals surface area contributed by atoms with Crippen LogP contribution in [0.5, 0.6) is 0 Å². The topological polar surface area (TPSA) is 58.5 Å². The van der Waals surface area contributed by atoms with E-state index in [0.717, 1.165) is 85.5 Å². The van der Waals surface area contributed by atoms with E-state index in [0.29, 0.717) is 5.91 Å². The summed E-state index contributed by atoms with van der Waals surface area (Å²) in [7, 11) is 0. The average molecular weight is 386 g/mol. The van der Waals surface area contributed by atoms with Crippen LogP contribution in [0, 0.1) is 12.8 Å². The summed E-state index contributed by atoms with van der Waals surface area (Å²) in [6.45, 7) is 2.90. The van der Waals surface area contributed by atoms with Crippen molar-refractivity contribution in [2.24, 2.45) is 10.9 Å². The smallest absolute Gasteiger partial charge is 0.230 e. The number of carbonyl (C=O) groups is 1. The molecule has 0 spiro atoms. The Balaban J connectivity index is 1.36. The van der Waals surface area contributed by atoms with Gasteiger partial charge in [0, 0.05) is 30.8 Å². The van der Waals surface area contributed by atoms with Crippen LogP contribution in [0.4, 0.5) is 11.4 Å². The van der Waals surface area contributed by atoms with Crippen LogP contribution in [0.1, 0.15) is 61.2 Å². The number of pyridine rings is 2. The molecule has 0 atom stereocenters. The van der Waals surface area contributed by atoms with E-state index in [1.807, 2.05) is 11.1 Å². The SMILES string of the molecule is Cc1cnc2c(c1)N=C(C1(c3ccc4c(n3)CCCN4C(=O)C3CC3)CCC1)C2. The lowest BCUT2D eigenvalue weighted by molar-refractivity contribution is -0.119. The second-order valence-corrected chi connectivity index (χ2v) is 9.18. The van der Waals surface area contributed by atoms with E-state index < -0.39 is 0 Å². The third-order valence-corrected chi connectivity index (χ3v) is 7.15. The number of rotatable bonds is 3. The molecule has 6 rings (SSSR count). The van der Waals surface area contributed by atoms with Crippen molar-refractivity contribution < 1.29 is 4.79 Å². The maximum absolute atomic E-state index is 12.7. The Hall–Kier alpha value is -2.56. The molecule has 5 nitrogen and oxygen atoms in total. The van der Waals surface area contributed by atoms with Crippen molar-refractivity contribution in [1.82, 2.24) is 9.97 Å². The molecule has 29 heavy (non-hydrogen) atoms. The van der Waals surface area contributed by atoms with Gasteiger partial charge in [-0.05, 0) is 69.2 Å². The third-order valence-electron chi connectivity index (χ3n) is 7.15. The summed E-state index contributed by atoms with van der Waals surface area (Å²) < 4.78 is 0. The predicted octanol–water partition coefficient (Wildman–Crippen LogP) is 4.22. The van der Waals surface area contributed by atoms with Gasteiger partial charge in [0.2, 0.25) is 5.91 Å². The fourth-order valence-electron chi connectivity index (χ4n) is 5.15. The molecule has 2 aliphatic heterocycles. The molecule has 1 amide bonds. The number of aromatic nitrogens is 2. The number of aryl methyl sites for hydroxylation is 2. The summed E-state index contributed by atoms with van der Waals surface area (Å²) in [4.78, 5) is 29.5. The van der Waals surface area contributed by atoms with E-state index in [-0.39, 0.29) is 11.3 Å². The number of anilines is 1. The summed E-state index contributed by atoms with van der Waals surface area (Å²) >= 11 is 0. The zero-order valence-electron chi connectivity index (χ0n) is 16.9. The quantitative estimate of drug-likeness (QED) is 0.793. The fourth-order valence-corrected chi connectivity index (χ4v) is 5.15. The van der Waals surface area contributed by atoms with Crippen LogP contribution >= 0.6 is 0 Å². The molecule has 4 aliphatic rings. The maximum Gasteiger partial charge on any atom is 0.230 e. The van der Waals surface area contributed by atoms with Gasteiger partial charge in [-0.3, -0.25) is 19.8 Å². The Morgan fingerprint density at radius 1 is 1.17 bits per heavy atom. The van der Waals surface area contributed by atoms with Crippen molar-refractivity contribution in [2.45, 2.75) is 63.7 Å². The minimum Gasteiger partial charge on any atom is -0.310 e. The van der Waals surface area contributed by atoms with Gasteiger partial charge in [0.25, 0.3) is 0 Å². The fraction of sp³-hybridized carbons (Fsp3) is 0.500. The van der Waals surface area contributed by atoms with Crippen LogP contribution in [-0.2, 0) is 23.1 Å². The van der Waals surface area contributed by atoms with Gasteiger partial charge in [0.1, 0.15) is 0 Å². The summed E-state index contributed by atoms with van der Waals surface area (Å²) in [5.41, 5.74) is 7.74. The van der Waals surface area contributed by atoms with Crippen molar-refractivity contribution in [3.05, 3.63) is 47.0 Å². The van der Waals surface area contributed by atoms with Crippen LogP contribution in [0.2, 0.25) is 0 Å². The van der Waals surface area contributed by atoms with E-state index in [1.165, 1.54) is 12.1 Å². The van der Waals surface area contributed by atoms with Crippen LogP contribution in [0.3, 0.4) is 0 Å². The standard InChI is InChI=1S/C24H26N4O/c1-15-12-19-18(25-14-15)13-22(27-19)24(9-3-10-24)21-8-7-20-17(26-21)4-2-11-28(20)23(29)16-5-6-16/h7-8,12,14,16H,2-6,9-11,13H2,1H3. The Morgan fingerprint density at radius 3 is 2.79 bits per heavy atom. The van der Waals surface area contributed by atoms with E-state index in [1.54, 1.807) is 0 Å². The molecule has 148 valence electrons. The maximum atomic E-state index is 12.7. The Bertz CT molecular complexity index is 1050. The molecular formula is C24H26N4O. The number of aliphatic imine (C=N–C) groups is 1. The summed E-state index contributed by atoms with van der Waals surface area (Å²) in [5, 5.41) is 0. The molecule has 0 radical (unpaired) electrons. The molecule has 0 bridgehead atoms. The Kier molecular flexibility index (Phi) is 3.71. The lowest BCUT2D eigenvalue weighted by Crippen LogP contribution is -2.44. The molecule has 5 heteroatoms. The van der Waals surface area contributed by atoms with Crippen molar-refractivity contribution in [3.63, 3.8) is 0 Å². The lowest BCUT2D eigenvalue weighted by atomic mass is 9.62. The summed E-state index contributed by atoms with van der Waals surface area (Å²) in [6.07, 6.45) is 10.3. The monoisotopic (exact) mass is 386 g/mol. The summed E-state index contributed by atoms with van der Waals surface area (Å²) in [6, 6.07) is 6.46. The molecule has 2 aromatic rings. The lowest BCUT2D eigenvalue weighted by Gasteiger charge is -2.42. The zero-order valence-corrected chi connectivity index (χ0v) is 16.9. The molecule has 4 heterocycles. The molecular weight excluding hydrogens is 360 g/mol. The molecule has 0 aromatic carbocycles. The van der Waals surface area contributed by atoms with Crippen molar-refractivity contribution in [2.75, 3.05) is 11.4 Å². The normalized spacial score (nSPS) is 21.8. The van der Waals surface area contributed by atoms with Gasteiger partial charge in [0.05, 0.1) is 33.9 Å². The van der Waals surface area contributed by atoms with E-state index >= 15 is 0 Å². The second-order valence-electron chi connectivity index (χ2n) is 9.18. The van der Waals surface area contributed by atoms with Gasteiger partial charge in [-0.2, -0.15) is 0 Å². The van der Waals surface area contributed by atoms with Crippen molar-refractivity contribution in [1.29, 1.82) is 0 Å². The van der Waals surface area contributed by atoms with Crippen LogP contribution in [0.25, 0.3) is 0 Å². The van der Waals surface area contributed by atoms with Crippen LogP contribution in [0.15, 0.2) is 29.4 Å². The van der Waals surface area contributed by atoms with Gasteiger partial charge in [-0.15, -0.1) is 0 Å². The predicted molar refractivity (Wildman–Crippen MR) is 113 cm³/mol. The highest BCUT2D eigenvalue weighted by Crippen LogP contribution is 2.48. The van der Waals surface area contributed by atoms with E-state index in [9.17, 15) is 4.79 Å². The average Bonchev–Trinajstić information content (AvgIpc) is 3.46. The van der Waals surface area contributed by atoms with Crippen molar-refractivity contribution in [3.8, 4) is 0 Å². The van der Waals surface area contributed by atoms with Crippen LogP contribution in [-0.4, -0.2) is 28.1 Å². The second kappa shape index (κ2) is 6.22. The number of nitrogens with zero attached hydrogens (tertiary/aromatic N) is 4. The summed E-state index contributed by atoms with van der Waals surface area (Å²) in [5.74, 6) is 0.553. The number of hydrogen-bond acceptors (Lipinski definition) is 4. The molecule has 2 aromatic heterocycles. The highest BCUT2D eigenvalue weighted by molar-refractivity contribution is 6.02. The molecule has 0 N–H and O–H groups in total. The zero-order chi connectivity index (χ0) is 19.6. The molecule has 2 fully saturated rings. The first-order valence-electron chi connectivity index (χ1n) is 11.0. The number of carbonyl (C=O) groups excluding carboxylic acids is 1. The number of hydrogen-bond donors (Lipinski definition) is 0. The highest BCUT2D eigenvalue weighted by atomic mass is 16.2. The molecule has 0 unspecified atom stereocenters. The molecule has 0 saturated heterocycles. The van der Waals surface area contributed by atoms with Gasteiger partial charge in [-0.1, -0.05) is 6.42 Å². The van der Waals surface area contributed by atoms with Gasteiger partial charge >= 0.3 is 0 Å². The first-order chi connectivity index (χ1) is 14.1. The largest absolute Gasteiger partial charge is 0.310 e. The van der Waals surface area contributed by atoms with E-state index in [4.69, 9.17) is 9.98 Å². The minimum atomic E-state index is -0.0492. The third kappa shape index (κ3) is 2.66. The van der Waals surface area contributed by atoms with Gasteiger partial charge in [-0.25, -0.2) is 0 Å². The Labute approximate surface area is 171 Å². The van der Waals surface area contributed by atoms with E-state index in [2.05, 4.69) is 30.1 Å². The van der Waals surface area contributed by atoms with Crippen molar-refractivity contribution >= 4 is 23.0 Å². The van der Waals surface area contributed by atoms with Gasteiger partial charge < -0.3 is 4.90 Å². The number of amides is 1. The molecule has 2 aliphatic carbocycles. The first kappa shape index (κ1) is 17.3. The van der Waals surface area contributed by atoms with Crippen LogP contribution < -0.4 is 4.90 Å². The first-order valence-corrected chi connectivity index (χ1v) is 11.0. The highest BCUT2D eigenvalue weighted by Gasteiger charge is 2.46. The minimum absolute atomic E-state index is 0.0492. The van der Waals surface area contributed by atoms with Gasteiger partial charge in [0.15, 0.2) is 0 Å². The number of fused-ring (bicyclic) bond motifs is 2.